The van der Waals surface area contributed by atoms with Crippen molar-refractivity contribution in [3.8, 4) is 0 Å². The maximum absolute atomic E-state index is 3.84. The highest BCUT2D eigenvalue weighted by atomic mass is 127. The molecule has 2 heteroatoms. The normalized spacial score (nSPS) is 10.6. The highest BCUT2D eigenvalue weighted by molar-refractivity contribution is 14.1. The monoisotopic (exact) mass is 211 g/mol. The number of halogens is 1. The summed E-state index contributed by atoms with van der Waals surface area (Å²) in [6, 6.07) is 0. The number of nitrogens with zero attached hydrogens (tertiary/aromatic N) is 1. The third kappa shape index (κ3) is 6.40. The van der Waals surface area contributed by atoms with Gasteiger partial charge in [-0.25, -0.2) is 0 Å². The molecule has 0 aliphatic rings. The minimum absolute atomic E-state index is 1.14. The predicted molar refractivity (Wildman–Crippen MR) is 42.5 cm³/mol. The molecule has 0 aromatic rings. The Balaban J connectivity index is 2.69. The first-order valence-electron chi connectivity index (χ1n) is 2.38. The molecule has 0 aromatic heterocycles. The van der Waals surface area contributed by atoms with E-state index in [0.29, 0.717) is 0 Å². The summed E-state index contributed by atoms with van der Waals surface area (Å²) in [6.07, 6.45) is 4.36. The average Bonchev–Trinajstić information content (AvgIpc) is 1.69. The fourth-order valence-corrected chi connectivity index (χ4v) is 0.738. The fraction of sp³-hybridized carbons (Fsp3) is 0.800. The van der Waals surface area contributed by atoms with Crippen LogP contribution in [0.3, 0.4) is 0 Å². The van der Waals surface area contributed by atoms with Gasteiger partial charge < -0.3 is 4.99 Å². The van der Waals surface area contributed by atoms with E-state index in [1.807, 2.05) is 13.3 Å². The van der Waals surface area contributed by atoms with Crippen LogP contribution < -0.4 is 0 Å². The number of rotatable bonds is 3. The molecule has 0 radical (unpaired) electrons. The Labute approximate surface area is 58.4 Å². The van der Waals surface area contributed by atoms with Gasteiger partial charge in [-0.05, 0) is 23.5 Å². The lowest BCUT2D eigenvalue weighted by molar-refractivity contribution is 1.04. The zero-order valence-corrected chi connectivity index (χ0v) is 6.68. The van der Waals surface area contributed by atoms with Crippen LogP contribution in [0.5, 0.6) is 0 Å². The predicted octanol–water partition coefficient (Wildman–Crippen LogP) is 1.90. The first kappa shape index (κ1) is 7.40. The van der Waals surface area contributed by atoms with Gasteiger partial charge in [-0.1, -0.05) is 22.6 Å². The molecule has 1 nitrogen and oxygen atoms in total. The molecule has 0 aliphatic carbocycles. The summed E-state index contributed by atoms with van der Waals surface area (Å²) in [4.78, 5) is 3.84. The zero-order valence-electron chi connectivity index (χ0n) is 4.52. The molecule has 0 unspecified atom stereocenters. The molecule has 0 N–H and O–H groups in total. The van der Waals surface area contributed by atoms with Gasteiger partial charge in [0.2, 0.25) is 0 Å². The van der Waals surface area contributed by atoms with Crippen molar-refractivity contribution in [1.82, 2.24) is 0 Å². The van der Waals surface area contributed by atoms with Crippen LogP contribution in [-0.4, -0.2) is 17.7 Å². The Hall–Kier alpha value is 0.400. The van der Waals surface area contributed by atoms with Crippen LogP contribution in [0, 0.1) is 0 Å². The molecule has 0 saturated carbocycles. The second-order valence-electron chi connectivity index (χ2n) is 1.27. The molecule has 0 saturated heterocycles. The summed E-state index contributed by atoms with van der Waals surface area (Å²) in [5.74, 6) is 0. The van der Waals surface area contributed by atoms with E-state index in [1.54, 1.807) is 0 Å². The van der Waals surface area contributed by atoms with Crippen molar-refractivity contribution in [2.75, 3.05) is 11.5 Å². The van der Waals surface area contributed by atoms with Crippen molar-refractivity contribution in [3.05, 3.63) is 0 Å². The standard InChI is InChI=1S/C5H10IN/c1-7-5-3-2-4-6/h5H,2-4H2,1H3. The molecule has 0 aliphatic heterocycles. The summed E-state index contributed by atoms with van der Waals surface area (Å²) in [5.41, 5.74) is 0. The van der Waals surface area contributed by atoms with E-state index in [9.17, 15) is 0 Å². The molecule has 0 amide bonds. The topological polar surface area (TPSA) is 12.4 Å². The Morgan fingerprint density at radius 2 is 2.43 bits per heavy atom. The quantitative estimate of drug-likeness (QED) is 0.292. The van der Waals surface area contributed by atoms with Crippen LogP contribution >= 0.6 is 22.6 Å². The molecule has 42 valence electrons. The number of unbranched alkanes of at least 4 members (excludes halogenated alkanes) is 1. The zero-order chi connectivity index (χ0) is 5.54. The SMILES string of the molecule is CN=CCCCI. The highest BCUT2D eigenvalue weighted by Gasteiger charge is 1.75. The molecule has 0 bridgehead atoms. The molecule has 0 spiro atoms. The molecule has 0 fully saturated rings. The van der Waals surface area contributed by atoms with Crippen LogP contribution in [0.25, 0.3) is 0 Å². The number of alkyl halides is 1. The van der Waals surface area contributed by atoms with E-state index in [-0.39, 0.29) is 0 Å². The molecule has 0 aromatic carbocycles. The van der Waals surface area contributed by atoms with E-state index in [4.69, 9.17) is 0 Å². The number of hydrogen-bond acceptors (Lipinski definition) is 1. The summed E-state index contributed by atoms with van der Waals surface area (Å²) < 4.78 is 1.24. The minimum atomic E-state index is 1.14. The average molecular weight is 211 g/mol. The maximum atomic E-state index is 3.84. The van der Waals surface area contributed by atoms with Gasteiger partial charge in [-0.15, -0.1) is 0 Å². The third-order valence-corrected chi connectivity index (χ3v) is 1.41. The lowest BCUT2D eigenvalue weighted by atomic mass is 10.4. The first-order chi connectivity index (χ1) is 3.41. The molecule has 0 rings (SSSR count). The van der Waals surface area contributed by atoms with Crippen LogP contribution in [0.4, 0.5) is 0 Å². The van der Waals surface area contributed by atoms with Gasteiger partial charge in [0.25, 0.3) is 0 Å². The lowest BCUT2D eigenvalue weighted by Crippen LogP contribution is -1.75. The van der Waals surface area contributed by atoms with E-state index >= 15 is 0 Å². The lowest BCUT2D eigenvalue weighted by Gasteiger charge is -1.82. The van der Waals surface area contributed by atoms with Gasteiger partial charge in [0.05, 0.1) is 0 Å². The summed E-state index contributed by atoms with van der Waals surface area (Å²) in [5, 5.41) is 0. The summed E-state index contributed by atoms with van der Waals surface area (Å²) in [7, 11) is 1.81. The Kier molecular flexibility index (Phi) is 6.77. The number of hydrogen-bond donors (Lipinski definition) is 0. The largest absolute Gasteiger partial charge is 0.301 e. The Morgan fingerprint density at radius 3 is 2.86 bits per heavy atom. The summed E-state index contributed by atoms with van der Waals surface area (Å²) >= 11 is 2.37. The molecule has 7 heavy (non-hydrogen) atoms. The second-order valence-corrected chi connectivity index (χ2v) is 2.35. The van der Waals surface area contributed by atoms with E-state index in [0.717, 1.165) is 6.42 Å². The van der Waals surface area contributed by atoms with E-state index < -0.39 is 0 Å². The van der Waals surface area contributed by atoms with Crippen LogP contribution in [0.15, 0.2) is 4.99 Å². The molecule has 0 heterocycles. The van der Waals surface area contributed by atoms with Crippen molar-refractivity contribution in [1.29, 1.82) is 0 Å². The van der Waals surface area contributed by atoms with Crippen molar-refractivity contribution in [2.24, 2.45) is 4.99 Å². The Bertz CT molecular complexity index is 52.0. The smallest absolute Gasteiger partial charge is 0.0273 e. The maximum Gasteiger partial charge on any atom is 0.0273 e. The van der Waals surface area contributed by atoms with Gasteiger partial charge in [-0.2, -0.15) is 0 Å². The fourth-order valence-electron chi connectivity index (χ4n) is 0.298. The molecular weight excluding hydrogens is 201 g/mol. The van der Waals surface area contributed by atoms with Crippen molar-refractivity contribution >= 4 is 28.8 Å². The van der Waals surface area contributed by atoms with Gasteiger partial charge in [0.15, 0.2) is 0 Å². The van der Waals surface area contributed by atoms with E-state index in [2.05, 4.69) is 27.6 Å². The van der Waals surface area contributed by atoms with Crippen LogP contribution in [0.2, 0.25) is 0 Å². The second kappa shape index (κ2) is 6.40. The summed E-state index contributed by atoms with van der Waals surface area (Å²) in [6.45, 7) is 0. The van der Waals surface area contributed by atoms with Gasteiger partial charge in [0, 0.05) is 7.05 Å². The van der Waals surface area contributed by atoms with Crippen molar-refractivity contribution in [3.63, 3.8) is 0 Å². The van der Waals surface area contributed by atoms with Crippen molar-refractivity contribution in [2.45, 2.75) is 12.8 Å². The van der Waals surface area contributed by atoms with Crippen LogP contribution in [-0.2, 0) is 0 Å². The molecular formula is C5H10IN. The van der Waals surface area contributed by atoms with Crippen molar-refractivity contribution < 1.29 is 0 Å². The molecule has 0 atom stereocenters. The first-order valence-corrected chi connectivity index (χ1v) is 3.91. The van der Waals surface area contributed by atoms with Crippen LogP contribution in [0.1, 0.15) is 12.8 Å². The van der Waals surface area contributed by atoms with Gasteiger partial charge >= 0.3 is 0 Å². The van der Waals surface area contributed by atoms with Gasteiger partial charge in [0.1, 0.15) is 0 Å². The number of aliphatic imine (C=N–C) groups is 1. The van der Waals surface area contributed by atoms with Gasteiger partial charge in [-0.3, -0.25) is 0 Å². The van der Waals surface area contributed by atoms with E-state index in [1.165, 1.54) is 10.8 Å². The third-order valence-electron chi connectivity index (χ3n) is 0.649. The minimum Gasteiger partial charge on any atom is -0.301 e. The Morgan fingerprint density at radius 1 is 1.71 bits per heavy atom. The highest BCUT2D eigenvalue weighted by Crippen LogP contribution is 1.90.